The molecule has 6 heteroatoms. The van der Waals surface area contributed by atoms with E-state index >= 15 is 0 Å². The quantitative estimate of drug-likeness (QED) is 0.635. The second-order valence-electron chi connectivity index (χ2n) is 4.47. The fourth-order valence-electron chi connectivity index (χ4n) is 1.42. The highest BCUT2D eigenvalue weighted by Crippen LogP contribution is 2.21. The summed E-state index contributed by atoms with van der Waals surface area (Å²) in [6.07, 6.45) is -0.266. The molecule has 0 aliphatic carbocycles. The summed E-state index contributed by atoms with van der Waals surface area (Å²) in [5.41, 5.74) is 0. The summed E-state index contributed by atoms with van der Waals surface area (Å²) in [5, 5.41) is 15.0. The third-order valence-corrected chi connectivity index (χ3v) is 4.27. The number of nitrogens with one attached hydrogen (secondary N) is 1. The van der Waals surface area contributed by atoms with Crippen molar-refractivity contribution in [3.8, 4) is 0 Å². The van der Waals surface area contributed by atoms with Crippen LogP contribution in [-0.2, 0) is 16.0 Å². The van der Waals surface area contributed by atoms with Gasteiger partial charge in [-0.2, -0.15) is 0 Å². The molecule has 0 aliphatic rings. The number of thiophene rings is 1. The van der Waals surface area contributed by atoms with E-state index in [1.165, 1.54) is 4.88 Å². The van der Waals surface area contributed by atoms with Crippen LogP contribution in [0, 0.1) is 0 Å². The van der Waals surface area contributed by atoms with Gasteiger partial charge < -0.3 is 19.9 Å². The average molecular weight is 352 g/mol. The van der Waals surface area contributed by atoms with E-state index in [9.17, 15) is 5.11 Å². The van der Waals surface area contributed by atoms with Gasteiger partial charge in [-0.15, -0.1) is 11.3 Å². The molecule has 1 aromatic heterocycles. The van der Waals surface area contributed by atoms with Crippen LogP contribution in [0.2, 0.25) is 0 Å². The van der Waals surface area contributed by atoms with Crippen molar-refractivity contribution in [1.29, 1.82) is 0 Å². The van der Waals surface area contributed by atoms with E-state index in [2.05, 4.69) is 21.2 Å². The van der Waals surface area contributed by atoms with Crippen LogP contribution in [0.4, 0.5) is 0 Å². The first-order chi connectivity index (χ1) is 9.09. The van der Waals surface area contributed by atoms with Gasteiger partial charge in [0.15, 0.2) is 0 Å². The van der Waals surface area contributed by atoms with Gasteiger partial charge >= 0.3 is 0 Å². The maximum Gasteiger partial charge on any atom is 0.0897 e. The van der Waals surface area contributed by atoms with Crippen molar-refractivity contribution in [2.45, 2.75) is 32.6 Å². The topological polar surface area (TPSA) is 50.7 Å². The molecule has 1 heterocycles. The minimum Gasteiger partial charge on any atom is -0.389 e. The predicted octanol–water partition coefficient (Wildman–Crippen LogP) is 2.40. The van der Waals surface area contributed by atoms with Gasteiger partial charge in [-0.05, 0) is 41.2 Å². The molecular weight excluding hydrogens is 330 g/mol. The van der Waals surface area contributed by atoms with Gasteiger partial charge in [0.1, 0.15) is 0 Å². The van der Waals surface area contributed by atoms with E-state index in [1.807, 2.05) is 25.3 Å². The molecule has 4 nitrogen and oxygen atoms in total. The molecule has 0 saturated heterocycles. The molecule has 19 heavy (non-hydrogen) atoms. The molecule has 0 fully saturated rings. The number of aliphatic hydroxyl groups is 1. The minimum absolute atomic E-state index is 0.222. The number of aliphatic hydroxyl groups excluding tert-OH is 1. The largest absolute Gasteiger partial charge is 0.389 e. The van der Waals surface area contributed by atoms with Crippen molar-refractivity contribution in [2.24, 2.45) is 0 Å². The molecule has 1 atom stereocenters. The van der Waals surface area contributed by atoms with Crippen molar-refractivity contribution in [3.63, 3.8) is 0 Å². The summed E-state index contributed by atoms with van der Waals surface area (Å²) in [6.45, 7) is 6.68. The number of rotatable bonds is 10. The second-order valence-corrected chi connectivity index (χ2v) is 6.33. The zero-order valence-corrected chi connectivity index (χ0v) is 13.8. The molecule has 0 radical (unpaired) electrons. The Morgan fingerprint density at radius 2 is 2.21 bits per heavy atom. The zero-order valence-electron chi connectivity index (χ0n) is 11.4. The molecule has 1 unspecified atom stereocenters. The molecule has 0 aromatic carbocycles. The lowest BCUT2D eigenvalue weighted by Crippen LogP contribution is -2.30. The smallest absolute Gasteiger partial charge is 0.0897 e. The molecule has 0 amide bonds. The summed E-state index contributed by atoms with van der Waals surface area (Å²) in [5.74, 6) is 0. The van der Waals surface area contributed by atoms with Crippen molar-refractivity contribution in [1.82, 2.24) is 5.32 Å². The van der Waals surface area contributed by atoms with Crippen LogP contribution >= 0.6 is 27.3 Å². The predicted molar refractivity (Wildman–Crippen MR) is 81.6 cm³/mol. The second kappa shape index (κ2) is 9.85. The SMILES string of the molecule is CC(C)OCCOCC(O)CNCc1sccc1Br. The first-order valence-electron chi connectivity index (χ1n) is 6.39. The van der Waals surface area contributed by atoms with Crippen molar-refractivity contribution in [2.75, 3.05) is 26.4 Å². The highest BCUT2D eigenvalue weighted by molar-refractivity contribution is 9.10. The van der Waals surface area contributed by atoms with Crippen LogP contribution in [0.1, 0.15) is 18.7 Å². The third-order valence-electron chi connectivity index (χ3n) is 2.35. The summed E-state index contributed by atoms with van der Waals surface area (Å²) in [6, 6.07) is 2.02. The molecule has 0 aliphatic heterocycles. The standard InChI is InChI=1S/C13H22BrNO3S/c1-10(2)18-5-4-17-9-11(16)7-15-8-13-12(14)3-6-19-13/h3,6,10-11,15-16H,4-5,7-9H2,1-2H3. The third kappa shape index (κ3) is 8.02. The van der Waals surface area contributed by atoms with Gasteiger partial charge in [0.05, 0.1) is 32.0 Å². The van der Waals surface area contributed by atoms with Crippen molar-refractivity contribution >= 4 is 27.3 Å². The fraction of sp³-hybridized carbons (Fsp3) is 0.692. The van der Waals surface area contributed by atoms with Crippen LogP contribution < -0.4 is 5.32 Å². The van der Waals surface area contributed by atoms with Gasteiger partial charge in [0, 0.05) is 22.4 Å². The van der Waals surface area contributed by atoms with Crippen LogP contribution in [0.15, 0.2) is 15.9 Å². The Hall–Kier alpha value is 0.0200. The van der Waals surface area contributed by atoms with E-state index in [4.69, 9.17) is 9.47 Å². The van der Waals surface area contributed by atoms with Crippen LogP contribution in [0.3, 0.4) is 0 Å². The molecule has 2 N–H and O–H groups in total. The molecule has 1 rings (SSSR count). The highest BCUT2D eigenvalue weighted by atomic mass is 79.9. The summed E-state index contributed by atoms with van der Waals surface area (Å²) >= 11 is 5.16. The monoisotopic (exact) mass is 351 g/mol. The first kappa shape index (κ1) is 17.1. The lowest BCUT2D eigenvalue weighted by atomic mass is 10.3. The number of hydrogen-bond acceptors (Lipinski definition) is 5. The Morgan fingerprint density at radius 3 is 2.84 bits per heavy atom. The Morgan fingerprint density at radius 1 is 1.42 bits per heavy atom. The van der Waals surface area contributed by atoms with Crippen molar-refractivity contribution < 1.29 is 14.6 Å². The van der Waals surface area contributed by atoms with Gasteiger partial charge in [-0.25, -0.2) is 0 Å². The van der Waals surface area contributed by atoms with Gasteiger partial charge in [-0.3, -0.25) is 0 Å². The van der Waals surface area contributed by atoms with E-state index in [0.29, 0.717) is 26.4 Å². The summed E-state index contributed by atoms with van der Waals surface area (Å²) in [4.78, 5) is 1.23. The molecular formula is C13H22BrNO3S. The Balaban J connectivity index is 1.99. The molecule has 1 aromatic rings. The lowest BCUT2D eigenvalue weighted by molar-refractivity contribution is -0.01000. The van der Waals surface area contributed by atoms with E-state index in [1.54, 1.807) is 11.3 Å². The Kier molecular flexibility index (Phi) is 8.85. The molecule has 0 saturated carbocycles. The zero-order chi connectivity index (χ0) is 14.1. The summed E-state index contributed by atoms with van der Waals surface area (Å²) in [7, 11) is 0. The molecule has 110 valence electrons. The van der Waals surface area contributed by atoms with Crippen LogP contribution in [0.25, 0.3) is 0 Å². The van der Waals surface area contributed by atoms with Gasteiger partial charge in [0.2, 0.25) is 0 Å². The fourth-order valence-corrected chi connectivity index (χ4v) is 2.89. The Labute approximate surface area is 127 Å². The van der Waals surface area contributed by atoms with E-state index in [0.717, 1.165) is 11.0 Å². The maximum atomic E-state index is 9.72. The van der Waals surface area contributed by atoms with Crippen LogP contribution in [0.5, 0.6) is 0 Å². The number of hydrogen-bond donors (Lipinski definition) is 2. The van der Waals surface area contributed by atoms with E-state index < -0.39 is 6.10 Å². The lowest BCUT2D eigenvalue weighted by Gasteiger charge is -2.13. The highest BCUT2D eigenvalue weighted by Gasteiger charge is 2.05. The van der Waals surface area contributed by atoms with Gasteiger partial charge in [-0.1, -0.05) is 0 Å². The summed E-state index contributed by atoms with van der Waals surface area (Å²) < 4.78 is 11.8. The normalized spacial score (nSPS) is 13.1. The Bertz CT molecular complexity index is 346. The van der Waals surface area contributed by atoms with Gasteiger partial charge in [0.25, 0.3) is 0 Å². The molecule has 0 bridgehead atoms. The van der Waals surface area contributed by atoms with E-state index in [-0.39, 0.29) is 6.10 Å². The average Bonchev–Trinajstić information content (AvgIpc) is 2.74. The number of ether oxygens (including phenoxy) is 2. The minimum atomic E-state index is -0.488. The number of halogens is 1. The maximum absolute atomic E-state index is 9.72. The van der Waals surface area contributed by atoms with Crippen molar-refractivity contribution in [3.05, 3.63) is 20.8 Å². The molecule has 0 spiro atoms. The first-order valence-corrected chi connectivity index (χ1v) is 8.07. The van der Waals surface area contributed by atoms with Crippen LogP contribution in [-0.4, -0.2) is 43.7 Å².